The molecule has 0 aromatic heterocycles. The van der Waals surface area contributed by atoms with Gasteiger partial charge in [-0.05, 0) is 33.6 Å². The third kappa shape index (κ3) is 4.45. The molecule has 1 unspecified atom stereocenters. The molecule has 1 saturated heterocycles. The fourth-order valence-corrected chi connectivity index (χ4v) is 2.01. The van der Waals surface area contributed by atoms with Crippen LogP contribution in [0.5, 0.6) is 0 Å². The van der Waals surface area contributed by atoms with Crippen LogP contribution in [0.2, 0.25) is 0 Å². The van der Waals surface area contributed by atoms with Crippen LogP contribution in [0.1, 0.15) is 33.6 Å². The number of hydrogen-bond acceptors (Lipinski definition) is 4. The third-order valence-corrected chi connectivity index (χ3v) is 3.30. The summed E-state index contributed by atoms with van der Waals surface area (Å²) < 4.78 is 10.8. The van der Waals surface area contributed by atoms with Gasteiger partial charge in [-0.15, -0.1) is 0 Å². The molecule has 6 heteroatoms. The second-order valence-electron chi connectivity index (χ2n) is 6.36. The molecule has 2 rings (SSSR count). The van der Waals surface area contributed by atoms with Crippen molar-refractivity contribution < 1.29 is 19.1 Å². The van der Waals surface area contributed by atoms with Crippen molar-refractivity contribution in [2.45, 2.75) is 51.3 Å². The van der Waals surface area contributed by atoms with Crippen molar-refractivity contribution in [2.24, 2.45) is 0 Å². The zero-order chi connectivity index (χ0) is 14.8. The van der Waals surface area contributed by atoms with Gasteiger partial charge in [0.1, 0.15) is 12.6 Å². The van der Waals surface area contributed by atoms with Crippen molar-refractivity contribution in [1.29, 1.82) is 0 Å². The van der Waals surface area contributed by atoms with Gasteiger partial charge in [-0.25, -0.2) is 0 Å². The van der Waals surface area contributed by atoms with Crippen LogP contribution in [-0.2, 0) is 19.1 Å². The number of rotatable bonds is 4. The lowest BCUT2D eigenvalue weighted by Gasteiger charge is -2.35. The molecule has 2 aliphatic rings. The van der Waals surface area contributed by atoms with Gasteiger partial charge in [0.15, 0.2) is 0 Å². The Morgan fingerprint density at radius 1 is 1.35 bits per heavy atom. The summed E-state index contributed by atoms with van der Waals surface area (Å²) >= 11 is 0. The lowest BCUT2D eigenvalue weighted by atomic mass is 10.2. The Labute approximate surface area is 119 Å². The molecular formula is C14H24N2O4. The Kier molecular flexibility index (Phi) is 4.65. The smallest absolute Gasteiger partial charge is 0.249 e. The predicted molar refractivity (Wildman–Crippen MR) is 73.2 cm³/mol. The van der Waals surface area contributed by atoms with Crippen LogP contribution in [0.3, 0.4) is 0 Å². The Morgan fingerprint density at radius 2 is 2.05 bits per heavy atom. The Hall–Kier alpha value is -1.14. The van der Waals surface area contributed by atoms with Gasteiger partial charge in [-0.3, -0.25) is 9.59 Å². The molecule has 0 aromatic carbocycles. The molecular weight excluding hydrogens is 260 g/mol. The van der Waals surface area contributed by atoms with E-state index in [-0.39, 0.29) is 36.7 Å². The standard InChI is InChI=1S/C14H24N2O4/c1-14(2,3)20-9-12(17)16-6-7-19-8-11(16)13(18)15-10-4-5-10/h10-11H,4-9H2,1-3H3,(H,15,18). The van der Waals surface area contributed by atoms with Crippen molar-refractivity contribution in [2.75, 3.05) is 26.4 Å². The van der Waals surface area contributed by atoms with Gasteiger partial charge in [0.25, 0.3) is 0 Å². The highest BCUT2D eigenvalue weighted by molar-refractivity contribution is 5.88. The van der Waals surface area contributed by atoms with E-state index in [1.54, 1.807) is 4.90 Å². The number of hydrogen-bond donors (Lipinski definition) is 1. The lowest BCUT2D eigenvalue weighted by molar-refractivity contribution is -0.155. The summed E-state index contributed by atoms with van der Waals surface area (Å²) in [6, 6.07) is -0.243. The van der Waals surface area contributed by atoms with Crippen molar-refractivity contribution in [3.05, 3.63) is 0 Å². The molecule has 1 atom stereocenters. The summed E-state index contributed by atoms with van der Waals surface area (Å²) in [6.45, 7) is 6.87. The SMILES string of the molecule is CC(C)(C)OCC(=O)N1CCOCC1C(=O)NC1CC1. The maximum absolute atomic E-state index is 12.2. The molecule has 1 N–H and O–H groups in total. The Balaban J connectivity index is 1.91. The number of morpholine rings is 1. The van der Waals surface area contributed by atoms with E-state index in [0.717, 1.165) is 12.8 Å². The topological polar surface area (TPSA) is 67.9 Å². The number of amides is 2. The summed E-state index contributed by atoms with van der Waals surface area (Å²) in [5, 5.41) is 2.93. The molecule has 1 aliphatic heterocycles. The van der Waals surface area contributed by atoms with E-state index in [4.69, 9.17) is 9.47 Å². The van der Waals surface area contributed by atoms with Gasteiger partial charge >= 0.3 is 0 Å². The van der Waals surface area contributed by atoms with E-state index in [9.17, 15) is 9.59 Å². The molecule has 1 aliphatic carbocycles. The largest absolute Gasteiger partial charge is 0.377 e. The van der Waals surface area contributed by atoms with Gasteiger partial charge in [-0.2, -0.15) is 0 Å². The number of nitrogens with one attached hydrogen (secondary N) is 1. The van der Waals surface area contributed by atoms with Crippen LogP contribution >= 0.6 is 0 Å². The summed E-state index contributed by atoms with van der Waals surface area (Å²) in [5.41, 5.74) is -0.367. The van der Waals surface area contributed by atoms with Crippen LogP contribution in [0.4, 0.5) is 0 Å². The zero-order valence-corrected chi connectivity index (χ0v) is 12.5. The molecule has 114 valence electrons. The molecule has 2 amide bonds. The van der Waals surface area contributed by atoms with Crippen molar-refractivity contribution in [3.63, 3.8) is 0 Å². The molecule has 1 saturated carbocycles. The molecule has 2 fully saturated rings. The summed E-state index contributed by atoms with van der Waals surface area (Å²) in [7, 11) is 0. The summed E-state index contributed by atoms with van der Waals surface area (Å²) in [5.74, 6) is -0.268. The first-order valence-corrected chi connectivity index (χ1v) is 7.18. The third-order valence-electron chi connectivity index (χ3n) is 3.30. The maximum Gasteiger partial charge on any atom is 0.249 e. The van der Waals surface area contributed by atoms with Crippen LogP contribution in [0.25, 0.3) is 0 Å². The molecule has 0 spiro atoms. The quantitative estimate of drug-likeness (QED) is 0.806. The average molecular weight is 284 g/mol. The number of carbonyl (C=O) groups excluding carboxylic acids is 2. The molecule has 1 heterocycles. The van der Waals surface area contributed by atoms with Crippen LogP contribution in [0.15, 0.2) is 0 Å². The van der Waals surface area contributed by atoms with Gasteiger partial charge in [0, 0.05) is 12.6 Å². The summed E-state index contributed by atoms with van der Waals surface area (Å²) in [4.78, 5) is 25.9. The zero-order valence-electron chi connectivity index (χ0n) is 12.5. The average Bonchev–Trinajstić information content (AvgIpc) is 3.19. The second kappa shape index (κ2) is 6.10. The van der Waals surface area contributed by atoms with E-state index in [1.165, 1.54) is 0 Å². The van der Waals surface area contributed by atoms with Crippen LogP contribution in [0, 0.1) is 0 Å². The van der Waals surface area contributed by atoms with E-state index in [2.05, 4.69) is 5.32 Å². The molecule has 0 radical (unpaired) electrons. The van der Waals surface area contributed by atoms with E-state index in [1.807, 2.05) is 20.8 Å². The first kappa shape index (κ1) is 15.3. The molecule has 20 heavy (non-hydrogen) atoms. The van der Waals surface area contributed by atoms with Crippen molar-refractivity contribution in [3.8, 4) is 0 Å². The van der Waals surface area contributed by atoms with E-state index >= 15 is 0 Å². The normalized spacial score (nSPS) is 23.6. The van der Waals surface area contributed by atoms with Gasteiger partial charge in [0.05, 0.1) is 18.8 Å². The van der Waals surface area contributed by atoms with E-state index < -0.39 is 6.04 Å². The van der Waals surface area contributed by atoms with Gasteiger partial charge in [0.2, 0.25) is 11.8 Å². The Morgan fingerprint density at radius 3 is 2.65 bits per heavy atom. The van der Waals surface area contributed by atoms with Crippen LogP contribution in [-0.4, -0.2) is 60.8 Å². The number of ether oxygens (including phenoxy) is 2. The number of nitrogens with zero attached hydrogens (tertiary/aromatic N) is 1. The first-order valence-electron chi connectivity index (χ1n) is 7.18. The van der Waals surface area contributed by atoms with Gasteiger partial charge < -0.3 is 19.7 Å². The maximum atomic E-state index is 12.2. The molecule has 0 bridgehead atoms. The molecule has 0 aromatic rings. The number of carbonyl (C=O) groups is 2. The van der Waals surface area contributed by atoms with Crippen molar-refractivity contribution >= 4 is 11.8 Å². The van der Waals surface area contributed by atoms with Crippen LogP contribution < -0.4 is 5.32 Å². The Bertz CT molecular complexity index is 374. The van der Waals surface area contributed by atoms with Crippen molar-refractivity contribution in [1.82, 2.24) is 10.2 Å². The first-order chi connectivity index (χ1) is 9.37. The lowest BCUT2D eigenvalue weighted by Crippen LogP contribution is -2.57. The second-order valence-corrected chi connectivity index (χ2v) is 6.36. The van der Waals surface area contributed by atoms with E-state index in [0.29, 0.717) is 13.2 Å². The molecule has 6 nitrogen and oxygen atoms in total. The van der Waals surface area contributed by atoms with Gasteiger partial charge in [-0.1, -0.05) is 0 Å². The summed E-state index contributed by atoms with van der Waals surface area (Å²) in [6.07, 6.45) is 2.06. The minimum Gasteiger partial charge on any atom is -0.377 e. The minimum atomic E-state index is -0.527. The fraction of sp³-hybridized carbons (Fsp3) is 0.857. The monoisotopic (exact) mass is 284 g/mol. The predicted octanol–water partition coefficient (Wildman–Crippen LogP) is 0.308. The minimum absolute atomic E-state index is 0.00327. The fourth-order valence-electron chi connectivity index (χ4n) is 2.01. The highest BCUT2D eigenvalue weighted by Gasteiger charge is 2.35. The highest BCUT2D eigenvalue weighted by Crippen LogP contribution is 2.20. The highest BCUT2D eigenvalue weighted by atomic mass is 16.5.